The molecule has 0 radical (unpaired) electrons. The molecule has 0 bridgehead atoms. The highest BCUT2D eigenvalue weighted by Crippen LogP contribution is 2.31. The molecule has 1 saturated carbocycles. The third-order valence-electron chi connectivity index (χ3n) is 6.84. The highest BCUT2D eigenvalue weighted by Gasteiger charge is 2.34. The first-order valence-electron chi connectivity index (χ1n) is 12.6. The van der Waals surface area contributed by atoms with Gasteiger partial charge >= 0.3 is 6.03 Å². The van der Waals surface area contributed by atoms with Gasteiger partial charge in [0.15, 0.2) is 0 Å². The number of halogens is 1. The van der Waals surface area contributed by atoms with Gasteiger partial charge in [-0.1, -0.05) is 29.8 Å². The maximum atomic E-state index is 13.7. The van der Waals surface area contributed by atoms with E-state index in [9.17, 15) is 19.5 Å². The SMILES string of the molecule is CCOc1ccc(C(=O)N2C[C@@H](C)N(C(=O)NC(CO)C(=O)NC3CCC3)Cc3ccccc32)c(Cl)c1. The van der Waals surface area contributed by atoms with Gasteiger partial charge in [0.1, 0.15) is 11.8 Å². The molecule has 0 aromatic heterocycles. The summed E-state index contributed by atoms with van der Waals surface area (Å²) in [4.78, 5) is 42.7. The second kappa shape index (κ2) is 11.8. The lowest BCUT2D eigenvalue weighted by Crippen LogP contribution is -2.57. The third kappa shape index (κ3) is 5.99. The van der Waals surface area contributed by atoms with Crippen LogP contribution in [0.25, 0.3) is 0 Å². The lowest BCUT2D eigenvalue weighted by atomic mass is 9.93. The van der Waals surface area contributed by atoms with Crippen LogP contribution in [0.15, 0.2) is 42.5 Å². The first-order chi connectivity index (χ1) is 17.8. The Kier molecular flexibility index (Phi) is 8.56. The van der Waals surface area contributed by atoms with Gasteiger partial charge < -0.3 is 30.3 Å². The van der Waals surface area contributed by atoms with Crippen LogP contribution in [-0.4, -0.2) is 65.7 Å². The lowest BCUT2D eigenvalue weighted by Gasteiger charge is -2.32. The van der Waals surface area contributed by atoms with Gasteiger partial charge in [-0.25, -0.2) is 4.79 Å². The number of ether oxygens (including phenoxy) is 1. The van der Waals surface area contributed by atoms with Crippen molar-refractivity contribution in [2.24, 2.45) is 0 Å². The zero-order chi connectivity index (χ0) is 26.5. The van der Waals surface area contributed by atoms with Crippen molar-refractivity contribution in [3.63, 3.8) is 0 Å². The van der Waals surface area contributed by atoms with E-state index >= 15 is 0 Å². The fourth-order valence-electron chi connectivity index (χ4n) is 4.52. The number of anilines is 1. The van der Waals surface area contributed by atoms with Crippen LogP contribution < -0.4 is 20.3 Å². The van der Waals surface area contributed by atoms with Crippen molar-refractivity contribution in [2.75, 3.05) is 24.7 Å². The molecule has 37 heavy (non-hydrogen) atoms. The molecular formula is C27H33ClN4O5. The lowest BCUT2D eigenvalue weighted by molar-refractivity contribution is -0.125. The summed E-state index contributed by atoms with van der Waals surface area (Å²) in [7, 11) is 0. The van der Waals surface area contributed by atoms with E-state index in [1.54, 1.807) is 28.0 Å². The molecule has 3 N–H and O–H groups in total. The van der Waals surface area contributed by atoms with Crippen molar-refractivity contribution in [3.05, 3.63) is 58.6 Å². The Bertz CT molecular complexity index is 1160. The standard InChI is InChI=1S/C27H33ClN4O5/c1-3-37-20-11-12-21(22(28)13-20)26(35)32-14-17(2)31(15-18-7-4-5-10-24(18)32)27(36)30-23(16-33)25(34)29-19-8-6-9-19/h4-5,7,10-13,17,19,23,33H,3,6,8-9,14-16H2,1-2H3,(H,29,34)(H,30,36)/t17-,23?/m1/s1. The van der Waals surface area contributed by atoms with Gasteiger partial charge in [-0.3, -0.25) is 9.59 Å². The monoisotopic (exact) mass is 528 g/mol. The molecule has 1 unspecified atom stereocenters. The molecule has 1 aliphatic heterocycles. The maximum absolute atomic E-state index is 13.7. The van der Waals surface area contributed by atoms with Crippen LogP contribution in [0.3, 0.4) is 0 Å². The quantitative estimate of drug-likeness (QED) is 0.510. The van der Waals surface area contributed by atoms with Crippen molar-refractivity contribution in [1.29, 1.82) is 0 Å². The smallest absolute Gasteiger partial charge is 0.318 e. The number of para-hydroxylation sites is 1. The number of benzene rings is 2. The molecule has 4 amide bonds. The number of hydrogen-bond acceptors (Lipinski definition) is 5. The molecule has 1 heterocycles. The number of hydrogen-bond donors (Lipinski definition) is 3. The molecule has 2 aliphatic rings. The van der Waals surface area contributed by atoms with Crippen LogP contribution in [0, 0.1) is 0 Å². The van der Waals surface area contributed by atoms with Crippen molar-refractivity contribution in [2.45, 2.75) is 57.8 Å². The Morgan fingerprint density at radius 3 is 2.59 bits per heavy atom. The maximum Gasteiger partial charge on any atom is 0.318 e. The Hall–Kier alpha value is -3.30. The minimum absolute atomic E-state index is 0.0939. The predicted molar refractivity (Wildman–Crippen MR) is 141 cm³/mol. The normalized spacial score (nSPS) is 18.2. The number of nitrogens with zero attached hydrogens (tertiary/aromatic N) is 2. The number of amides is 4. The molecule has 10 heteroatoms. The Morgan fingerprint density at radius 2 is 1.95 bits per heavy atom. The van der Waals surface area contributed by atoms with E-state index in [0.29, 0.717) is 23.6 Å². The molecule has 0 spiro atoms. The summed E-state index contributed by atoms with van der Waals surface area (Å²) in [6.45, 7) is 4.13. The van der Waals surface area contributed by atoms with Crippen molar-refractivity contribution in [1.82, 2.24) is 15.5 Å². The molecule has 2 atom stereocenters. The Balaban J connectivity index is 1.54. The largest absolute Gasteiger partial charge is 0.494 e. The second-order valence-electron chi connectivity index (χ2n) is 9.42. The predicted octanol–water partition coefficient (Wildman–Crippen LogP) is 3.33. The highest BCUT2D eigenvalue weighted by molar-refractivity contribution is 6.34. The van der Waals surface area contributed by atoms with Crippen LogP contribution in [-0.2, 0) is 11.3 Å². The molecule has 198 valence electrons. The molecule has 1 fully saturated rings. The first-order valence-corrected chi connectivity index (χ1v) is 13.0. The van der Waals surface area contributed by atoms with Crippen molar-refractivity contribution < 1.29 is 24.2 Å². The molecule has 1 aliphatic carbocycles. The van der Waals surface area contributed by atoms with Crippen LogP contribution in [0.4, 0.5) is 10.5 Å². The van der Waals surface area contributed by atoms with Gasteiger partial charge in [0.25, 0.3) is 5.91 Å². The highest BCUT2D eigenvalue weighted by atomic mass is 35.5. The van der Waals surface area contributed by atoms with E-state index in [2.05, 4.69) is 10.6 Å². The van der Waals surface area contributed by atoms with E-state index in [-0.39, 0.29) is 30.1 Å². The minimum atomic E-state index is -1.06. The summed E-state index contributed by atoms with van der Waals surface area (Å²) in [6.07, 6.45) is 2.86. The summed E-state index contributed by atoms with van der Waals surface area (Å²) in [5.74, 6) is -0.107. The zero-order valence-corrected chi connectivity index (χ0v) is 21.8. The van der Waals surface area contributed by atoms with Crippen molar-refractivity contribution >= 4 is 35.1 Å². The second-order valence-corrected chi connectivity index (χ2v) is 9.82. The number of carbonyl (C=O) groups is 3. The van der Waals surface area contributed by atoms with E-state index in [0.717, 1.165) is 24.8 Å². The van der Waals surface area contributed by atoms with E-state index in [4.69, 9.17) is 16.3 Å². The van der Waals surface area contributed by atoms with Crippen LogP contribution in [0.1, 0.15) is 49.0 Å². The first kappa shape index (κ1) is 26.8. The van der Waals surface area contributed by atoms with Crippen LogP contribution >= 0.6 is 11.6 Å². The number of aliphatic hydroxyl groups is 1. The third-order valence-corrected chi connectivity index (χ3v) is 7.15. The summed E-state index contributed by atoms with van der Waals surface area (Å²) in [5, 5.41) is 15.6. The Labute approximate surface area is 221 Å². The summed E-state index contributed by atoms with van der Waals surface area (Å²) < 4.78 is 5.48. The zero-order valence-electron chi connectivity index (χ0n) is 21.1. The summed E-state index contributed by atoms with van der Waals surface area (Å²) in [6, 6.07) is 10.5. The van der Waals surface area contributed by atoms with E-state index in [1.165, 1.54) is 0 Å². The van der Waals surface area contributed by atoms with E-state index in [1.807, 2.05) is 38.1 Å². The summed E-state index contributed by atoms with van der Waals surface area (Å²) in [5.41, 5.74) is 1.79. The van der Waals surface area contributed by atoms with Gasteiger partial charge in [0.05, 0.1) is 23.8 Å². The van der Waals surface area contributed by atoms with Gasteiger partial charge in [-0.2, -0.15) is 0 Å². The Morgan fingerprint density at radius 1 is 1.19 bits per heavy atom. The van der Waals surface area contributed by atoms with E-state index < -0.39 is 30.6 Å². The van der Waals surface area contributed by atoms with Crippen LogP contribution in [0.2, 0.25) is 5.02 Å². The van der Waals surface area contributed by atoms with Crippen LogP contribution in [0.5, 0.6) is 5.75 Å². The van der Waals surface area contributed by atoms with Crippen molar-refractivity contribution in [3.8, 4) is 5.75 Å². The number of aliphatic hydroxyl groups excluding tert-OH is 1. The fourth-order valence-corrected chi connectivity index (χ4v) is 4.78. The number of nitrogens with one attached hydrogen (secondary N) is 2. The number of carbonyl (C=O) groups excluding carboxylic acids is 3. The average Bonchev–Trinajstić information content (AvgIpc) is 3.01. The molecule has 4 rings (SSSR count). The molecule has 2 aromatic rings. The minimum Gasteiger partial charge on any atom is -0.494 e. The molecule has 9 nitrogen and oxygen atoms in total. The summed E-state index contributed by atoms with van der Waals surface area (Å²) >= 11 is 6.45. The fraction of sp³-hybridized carbons (Fsp3) is 0.444. The molecule has 2 aromatic carbocycles. The molecule has 0 saturated heterocycles. The van der Waals surface area contributed by atoms with Gasteiger partial charge in [0.2, 0.25) is 5.91 Å². The average molecular weight is 529 g/mol. The number of rotatable bonds is 7. The van der Waals surface area contributed by atoms with Gasteiger partial charge in [-0.15, -0.1) is 0 Å². The number of fused-ring (bicyclic) bond motifs is 1. The van der Waals surface area contributed by atoms with Gasteiger partial charge in [-0.05, 0) is 62.9 Å². The number of urea groups is 1. The topological polar surface area (TPSA) is 111 Å². The molecular weight excluding hydrogens is 496 g/mol. The van der Waals surface area contributed by atoms with Gasteiger partial charge in [0, 0.05) is 30.9 Å².